The highest BCUT2D eigenvalue weighted by Gasteiger charge is 2.14. The molecule has 0 aliphatic carbocycles. The first-order valence-corrected chi connectivity index (χ1v) is 4.78. The SMILES string of the molecule is COc1cc(-n2ncc(C(=O)O)c2C)ncn1. The number of rotatable bonds is 3. The van der Waals surface area contributed by atoms with Crippen molar-refractivity contribution in [3.05, 3.63) is 29.8 Å². The van der Waals surface area contributed by atoms with Gasteiger partial charge in [-0.2, -0.15) is 5.10 Å². The number of carboxylic acid groups (broad SMARTS) is 1. The summed E-state index contributed by atoms with van der Waals surface area (Å²) in [5.74, 6) is -0.168. The molecular formula is C10H10N4O3. The van der Waals surface area contributed by atoms with Gasteiger partial charge in [-0.05, 0) is 6.92 Å². The van der Waals surface area contributed by atoms with Crippen LogP contribution in [0.5, 0.6) is 5.88 Å². The Balaban J connectivity index is 2.49. The number of ether oxygens (including phenoxy) is 1. The van der Waals surface area contributed by atoms with Gasteiger partial charge in [0.05, 0.1) is 19.0 Å². The van der Waals surface area contributed by atoms with Crippen LogP contribution in [-0.2, 0) is 0 Å². The second kappa shape index (κ2) is 4.20. The van der Waals surface area contributed by atoms with Gasteiger partial charge in [-0.3, -0.25) is 0 Å². The molecule has 17 heavy (non-hydrogen) atoms. The second-order valence-electron chi connectivity index (χ2n) is 3.28. The van der Waals surface area contributed by atoms with Gasteiger partial charge in [-0.25, -0.2) is 19.4 Å². The van der Waals surface area contributed by atoms with Crippen molar-refractivity contribution in [2.75, 3.05) is 7.11 Å². The summed E-state index contributed by atoms with van der Waals surface area (Å²) in [7, 11) is 1.49. The quantitative estimate of drug-likeness (QED) is 0.839. The van der Waals surface area contributed by atoms with Crippen LogP contribution >= 0.6 is 0 Å². The molecule has 0 atom stereocenters. The summed E-state index contributed by atoms with van der Waals surface area (Å²) in [6, 6.07) is 1.58. The number of carboxylic acids is 1. The lowest BCUT2D eigenvalue weighted by atomic mass is 10.3. The van der Waals surface area contributed by atoms with Crippen molar-refractivity contribution < 1.29 is 14.6 Å². The zero-order valence-electron chi connectivity index (χ0n) is 9.28. The Morgan fingerprint density at radius 3 is 2.82 bits per heavy atom. The zero-order valence-corrected chi connectivity index (χ0v) is 9.28. The van der Waals surface area contributed by atoms with Gasteiger partial charge in [0, 0.05) is 6.07 Å². The monoisotopic (exact) mass is 234 g/mol. The van der Waals surface area contributed by atoms with Crippen molar-refractivity contribution in [2.45, 2.75) is 6.92 Å². The van der Waals surface area contributed by atoms with Crippen molar-refractivity contribution in [1.29, 1.82) is 0 Å². The van der Waals surface area contributed by atoms with Gasteiger partial charge in [0.25, 0.3) is 0 Å². The van der Waals surface area contributed by atoms with Crippen molar-refractivity contribution in [3.8, 4) is 11.7 Å². The number of aromatic carboxylic acids is 1. The lowest BCUT2D eigenvalue weighted by Crippen LogP contribution is -2.05. The van der Waals surface area contributed by atoms with Crippen LogP contribution in [0.2, 0.25) is 0 Å². The van der Waals surface area contributed by atoms with E-state index in [0.717, 1.165) is 0 Å². The summed E-state index contributed by atoms with van der Waals surface area (Å²) in [5, 5.41) is 12.9. The van der Waals surface area contributed by atoms with E-state index >= 15 is 0 Å². The number of hydrogen-bond donors (Lipinski definition) is 1. The van der Waals surface area contributed by atoms with Crippen LogP contribution in [0, 0.1) is 6.92 Å². The standard InChI is InChI=1S/C10H10N4O3/c1-6-7(10(15)16)4-13-14(6)8-3-9(17-2)12-5-11-8/h3-5H,1-2H3,(H,15,16). The molecule has 0 aromatic carbocycles. The Hall–Kier alpha value is -2.44. The molecular weight excluding hydrogens is 224 g/mol. The number of methoxy groups -OCH3 is 1. The maximum Gasteiger partial charge on any atom is 0.339 e. The Morgan fingerprint density at radius 1 is 1.47 bits per heavy atom. The lowest BCUT2D eigenvalue weighted by Gasteiger charge is -2.04. The third-order valence-corrected chi connectivity index (χ3v) is 2.29. The van der Waals surface area contributed by atoms with Gasteiger partial charge in [-0.1, -0.05) is 0 Å². The fraction of sp³-hybridized carbons (Fsp3) is 0.200. The fourth-order valence-electron chi connectivity index (χ4n) is 1.41. The maximum atomic E-state index is 10.9. The second-order valence-corrected chi connectivity index (χ2v) is 3.28. The molecule has 0 saturated carbocycles. The summed E-state index contributed by atoms with van der Waals surface area (Å²) in [6.45, 7) is 1.66. The van der Waals surface area contributed by atoms with E-state index in [1.54, 1.807) is 13.0 Å². The molecule has 7 heteroatoms. The third kappa shape index (κ3) is 1.94. The van der Waals surface area contributed by atoms with Crippen molar-refractivity contribution in [3.63, 3.8) is 0 Å². The van der Waals surface area contributed by atoms with Crippen LogP contribution in [0.25, 0.3) is 5.82 Å². The van der Waals surface area contributed by atoms with Crippen LogP contribution in [0.1, 0.15) is 16.1 Å². The third-order valence-electron chi connectivity index (χ3n) is 2.29. The van der Waals surface area contributed by atoms with Gasteiger partial charge in [0.15, 0.2) is 5.82 Å². The molecule has 0 unspecified atom stereocenters. The molecule has 0 bridgehead atoms. The summed E-state index contributed by atoms with van der Waals surface area (Å²) in [4.78, 5) is 18.8. The Labute approximate surface area is 96.7 Å². The first-order valence-electron chi connectivity index (χ1n) is 4.78. The van der Waals surface area contributed by atoms with E-state index in [-0.39, 0.29) is 5.56 Å². The van der Waals surface area contributed by atoms with Crippen LogP contribution < -0.4 is 4.74 Å². The van der Waals surface area contributed by atoms with Gasteiger partial charge in [-0.15, -0.1) is 0 Å². The minimum atomic E-state index is -1.02. The number of carbonyl (C=O) groups is 1. The van der Waals surface area contributed by atoms with E-state index in [1.807, 2.05) is 0 Å². The molecule has 0 fully saturated rings. The topological polar surface area (TPSA) is 90.1 Å². The molecule has 0 aliphatic heterocycles. The first-order chi connectivity index (χ1) is 8.13. The molecule has 0 spiro atoms. The molecule has 0 aliphatic rings. The van der Waals surface area contributed by atoms with E-state index in [2.05, 4.69) is 15.1 Å². The zero-order chi connectivity index (χ0) is 12.4. The maximum absolute atomic E-state index is 10.9. The average Bonchev–Trinajstić information content (AvgIpc) is 2.71. The van der Waals surface area contributed by atoms with E-state index in [0.29, 0.717) is 17.4 Å². The molecule has 2 heterocycles. The van der Waals surface area contributed by atoms with E-state index in [9.17, 15) is 4.79 Å². The Bertz CT molecular complexity index is 564. The Morgan fingerprint density at radius 2 is 2.24 bits per heavy atom. The minimum absolute atomic E-state index is 0.141. The van der Waals surface area contributed by atoms with Crippen LogP contribution in [0.4, 0.5) is 0 Å². The highest BCUT2D eigenvalue weighted by Crippen LogP contribution is 2.14. The molecule has 2 rings (SSSR count). The minimum Gasteiger partial charge on any atom is -0.481 e. The predicted molar refractivity (Wildman–Crippen MR) is 57.4 cm³/mol. The van der Waals surface area contributed by atoms with Crippen molar-refractivity contribution in [1.82, 2.24) is 19.7 Å². The molecule has 1 N–H and O–H groups in total. The van der Waals surface area contributed by atoms with Crippen LogP contribution in [-0.4, -0.2) is 37.9 Å². The van der Waals surface area contributed by atoms with E-state index < -0.39 is 5.97 Å². The summed E-state index contributed by atoms with van der Waals surface area (Å²) >= 11 is 0. The van der Waals surface area contributed by atoms with Crippen LogP contribution in [0.3, 0.4) is 0 Å². The summed E-state index contributed by atoms with van der Waals surface area (Å²) in [5.41, 5.74) is 0.640. The van der Waals surface area contributed by atoms with Gasteiger partial charge in [0.1, 0.15) is 11.9 Å². The van der Waals surface area contributed by atoms with Gasteiger partial charge < -0.3 is 9.84 Å². The molecule has 88 valence electrons. The first kappa shape index (κ1) is 11.1. The summed E-state index contributed by atoms with van der Waals surface area (Å²) in [6.07, 6.45) is 2.61. The highest BCUT2D eigenvalue weighted by molar-refractivity contribution is 5.88. The van der Waals surface area contributed by atoms with Crippen molar-refractivity contribution >= 4 is 5.97 Å². The average molecular weight is 234 g/mol. The largest absolute Gasteiger partial charge is 0.481 e. The molecule has 2 aromatic heterocycles. The molecule has 7 nitrogen and oxygen atoms in total. The number of nitrogens with zero attached hydrogens (tertiary/aromatic N) is 4. The van der Waals surface area contributed by atoms with Crippen LogP contribution in [0.15, 0.2) is 18.6 Å². The molecule has 0 amide bonds. The Kier molecular flexibility index (Phi) is 2.73. The van der Waals surface area contributed by atoms with Crippen molar-refractivity contribution in [2.24, 2.45) is 0 Å². The van der Waals surface area contributed by atoms with Gasteiger partial charge >= 0.3 is 5.97 Å². The van der Waals surface area contributed by atoms with Gasteiger partial charge in [0.2, 0.25) is 5.88 Å². The smallest absolute Gasteiger partial charge is 0.339 e. The molecule has 2 aromatic rings. The number of aromatic nitrogens is 4. The number of hydrogen-bond acceptors (Lipinski definition) is 5. The molecule has 0 saturated heterocycles. The summed E-state index contributed by atoms with van der Waals surface area (Å²) < 4.78 is 6.39. The lowest BCUT2D eigenvalue weighted by molar-refractivity contribution is 0.0696. The highest BCUT2D eigenvalue weighted by atomic mass is 16.5. The fourth-order valence-corrected chi connectivity index (χ4v) is 1.41. The van der Waals surface area contributed by atoms with E-state index in [4.69, 9.17) is 9.84 Å². The van der Waals surface area contributed by atoms with E-state index in [1.165, 1.54) is 24.3 Å². The molecule has 0 radical (unpaired) electrons. The predicted octanol–water partition coefficient (Wildman–Crippen LogP) is 0.678. The normalized spacial score (nSPS) is 10.2.